The number of rotatable bonds is 7. The van der Waals surface area contributed by atoms with E-state index in [4.69, 9.17) is 18.9 Å². The monoisotopic (exact) mass is 418 g/mol. The number of thiophene rings is 1. The Morgan fingerprint density at radius 2 is 1.83 bits per heavy atom. The van der Waals surface area contributed by atoms with Gasteiger partial charge in [0, 0.05) is 15.6 Å². The number of carbonyl (C=O) groups is 2. The zero-order valence-electron chi connectivity index (χ0n) is 16.1. The third-order valence-corrected chi connectivity index (χ3v) is 5.38. The van der Waals surface area contributed by atoms with Gasteiger partial charge in [-0.15, -0.1) is 11.3 Å². The lowest BCUT2D eigenvalue weighted by molar-refractivity contribution is 0.0451. The predicted molar refractivity (Wildman–Crippen MR) is 106 cm³/mol. The second-order valence-corrected chi connectivity index (χ2v) is 6.94. The van der Waals surface area contributed by atoms with Crippen molar-refractivity contribution in [3.05, 3.63) is 58.2 Å². The van der Waals surface area contributed by atoms with E-state index in [-0.39, 0.29) is 34.6 Å². The number of fused-ring (bicyclic) bond motifs is 1. The first-order chi connectivity index (χ1) is 14.0. The summed E-state index contributed by atoms with van der Waals surface area (Å²) in [5.41, 5.74) is 0.432. The van der Waals surface area contributed by atoms with Crippen molar-refractivity contribution in [2.24, 2.45) is 0 Å². The fraction of sp³-hybridized carbons (Fsp3) is 0.238. The number of carbonyl (C=O) groups excluding carboxylic acids is 2. The van der Waals surface area contributed by atoms with E-state index in [1.165, 1.54) is 26.4 Å². The number of benzene rings is 2. The predicted octanol–water partition coefficient (Wildman–Crippen LogP) is 4.59. The van der Waals surface area contributed by atoms with Gasteiger partial charge in [-0.05, 0) is 37.3 Å². The molecule has 152 valence electrons. The van der Waals surface area contributed by atoms with E-state index in [2.05, 4.69) is 0 Å². The van der Waals surface area contributed by atoms with Crippen LogP contribution in [0.3, 0.4) is 0 Å². The minimum absolute atomic E-state index is 0.157. The normalized spacial score (nSPS) is 10.6. The van der Waals surface area contributed by atoms with Crippen molar-refractivity contribution in [3.63, 3.8) is 0 Å². The van der Waals surface area contributed by atoms with Crippen molar-refractivity contribution in [2.75, 3.05) is 20.8 Å². The quantitative estimate of drug-likeness (QED) is 0.523. The van der Waals surface area contributed by atoms with Crippen molar-refractivity contribution in [2.45, 2.75) is 13.5 Å². The summed E-state index contributed by atoms with van der Waals surface area (Å²) in [6.45, 7) is 1.56. The smallest absolute Gasteiger partial charge is 0.348 e. The minimum Gasteiger partial charge on any atom is -0.497 e. The number of methoxy groups -OCH3 is 2. The van der Waals surface area contributed by atoms with Crippen LogP contribution < -0.4 is 9.47 Å². The second-order valence-electron chi connectivity index (χ2n) is 5.89. The van der Waals surface area contributed by atoms with Gasteiger partial charge in [-0.1, -0.05) is 6.07 Å². The molecule has 1 aromatic heterocycles. The van der Waals surface area contributed by atoms with Crippen LogP contribution in [0.4, 0.5) is 4.39 Å². The molecule has 8 heteroatoms. The maximum absolute atomic E-state index is 14.5. The van der Waals surface area contributed by atoms with Gasteiger partial charge < -0.3 is 18.9 Å². The molecule has 0 aliphatic heterocycles. The van der Waals surface area contributed by atoms with Crippen molar-refractivity contribution < 1.29 is 32.9 Å². The highest BCUT2D eigenvalue weighted by Gasteiger charge is 2.24. The molecule has 1 heterocycles. The Hall–Kier alpha value is -3.13. The van der Waals surface area contributed by atoms with Crippen LogP contribution >= 0.6 is 11.3 Å². The lowest BCUT2D eigenvalue weighted by Gasteiger charge is -2.11. The van der Waals surface area contributed by atoms with Gasteiger partial charge in [0.25, 0.3) is 0 Å². The molecule has 2 aromatic carbocycles. The van der Waals surface area contributed by atoms with Crippen LogP contribution in [-0.2, 0) is 16.1 Å². The van der Waals surface area contributed by atoms with Crippen LogP contribution in [-0.4, -0.2) is 32.8 Å². The van der Waals surface area contributed by atoms with Crippen LogP contribution in [0.2, 0.25) is 0 Å². The largest absolute Gasteiger partial charge is 0.497 e. The van der Waals surface area contributed by atoms with Gasteiger partial charge in [0.05, 0.1) is 20.8 Å². The van der Waals surface area contributed by atoms with E-state index in [0.29, 0.717) is 16.2 Å². The Morgan fingerprint density at radius 1 is 1.03 bits per heavy atom. The molecule has 0 amide bonds. The lowest BCUT2D eigenvalue weighted by atomic mass is 10.1. The zero-order valence-corrected chi connectivity index (χ0v) is 16.9. The van der Waals surface area contributed by atoms with E-state index in [0.717, 1.165) is 11.3 Å². The molecule has 6 nitrogen and oxygen atoms in total. The summed E-state index contributed by atoms with van der Waals surface area (Å²) in [5, 5.41) is 0.242. The number of hydrogen-bond donors (Lipinski definition) is 0. The van der Waals surface area contributed by atoms with Gasteiger partial charge in [-0.3, -0.25) is 0 Å². The van der Waals surface area contributed by atoms with E-state index in [1.807, 2.05) is 0 Å². The van der Waals surface area contributed by atoms with Gasteiger partial charge in [-0.25, -0.2) is 14.0 Å². The van der Waals surface area contributed by atoms with Gasteiger partial charge in [0.1, 0.15) is 34.4 Å². The Bertz CT molecular complexity index is 1060. The Labute approximate surface area is 170 Å². The molecule has 29 heavy (non-hydrogen) atoms. The molecule has 0 atom stereocenters. The Balaban J connectivity index is 1.95. The molecule has 0 spiro atoms. The minimum atomic E-state index is -0.689. The molecule has 0 fully saturated rings. The average Bonchev–Trinajstić information content (AvgIpc) is 3.11. The third kappa shape index (κ3) is 4.17. The number of halogens is 1. The first-order valence-corrected chi connectivity index (χ1v) is 9.58. The summed E-state index contributed by atoms with van der Waals surface area (Å²) >= 11 is 1.10. The molecule has 0 radical (unpaired) electrons. The van der Waals surface area contributed by atoms with Crippen molar-refractivity contribution in [1.82, 2.24) is 0 Å². The Kier molecular flexibility index (Phi) is 6.33. The molecule has 0 bridgehead atoms. The van der Waals surface area contributed by atoms with E-state index < -0.39 is 17.8 Å². The third-order valence-electron chi connectivity index (χ3n) is 4.20. The van der Waals surface area contributed by atoms with Crippen LogP contribution in [0.25, 0.3) is 10.1 Å². The highest BCUT2D eigenvalue weighted by molar-refractivity contribution is 7.21. The molecule has 0 N–H and O–H groups in total. The summed E-state index contributed by atoms with van der Waals surface area (Å²) in [6, 6.07) is 9.26. The molecular formula is C21H19FO6S. The molecule has 3 rings (SSSR count). The van der Waals surface area contributed by atoms with Crippen LogP contribution in [0.5, 0.6) is 11.5 Å². The summed E-state index contributed by atoms with van der Waals surface area (Å²) in [6.07, 6.45) is 0. The summed E-state index contributed by atoms with van der Waals surface area (Å²) in [7, 11) is 2.90. The standard InChI is InChI=1S/C21H19FO6S/c1-4-27-21(24)19-14(18-15(22)6-5-7-17(18)29-19)11-28-20(23)13-10-12(25-2)8-9-16(13)26-3/h5-10H,4,11H2,1-3H3. The van der Waals surface area contributed by atoms with Gasteiger partial charge in [0.15, 0.2) is 0 Å². The number of ether oxygens (including phenoxy) is 4. The fourth-order valence-corrected chi connectivity index (χ4v) is 3.97. The van der Waals surface area contributed by atoms with Gasteiger partial charge in [0.2, 0.25) is 0 Å². The van der Waals surface area contributed by atoms with E-state index >= 15 is 0 Å². The highest BCUT2D eigenvalue weighted by Crippen LogP contribution is 2.35. The summed E-state index contributed by atoms with van der Waals surface area (Å²) in [5.74, 6) is -1.01. The fourth-order valence-electron chi connectivity index (χ4n) is 2.86. The first kappa shape index (κ1) is 20.6. The maximum atomic E-state index is 14.5. The molecule has 3 aromatic rings. The second kappa shape index (κ2) is 8.91. The average molecular weight is 418 g/mol. The maximum Gasteiger partial charge on any atom is 0.348 e. The van der Waals surface area contributed by atoms with Crippen molar-refractivity contribution in [1.29, 1.82) is 0 Å². The summed E-state index contributed by atoms with van der Waals surface area (Å²) in [4.78, 5) is 25.2. The lowest BCUT2D eigenvalue weighted by Crippen LogP contribution is -2.10. The summed E-state index contributed by atoms with van der Waals surface area (Å²) < 4.78 is 35.8. The molecule has 0 saturated heterocycles. The number of esters is 2. The van der Waals surface area contributed by atoms with Crippen molar-refractivity contribution in [3.8, 4) is 11.5 Å². The molecular weight excluding hydrogens is 399 g/mol. The van der Waals surface area contributed by atoms with E-state index in [1.54, 1.807) is 31.2 Å². The van der Waals surface area contributed by atoms with Gasteiger partial charge >= 0.3 is 11.9 Å². The molecule has 0 unspecified atom stereocenters. The first-order valence-electron chi connectivity index (χ1n) is 8.76. The molecule has 0 aliphatic rings. The molecule has 0 saturated carbocycles. The van der Waals surface area contributed by atoms with E-state index in [9.17, 15) is 14.0 Å². The van der Waals surface area contributed by atoms with Crippen LogP contribution in [0, 0.1) is 5.82 Å². The van der Waals surface area contributed by atoms with Crippen LogP contribution in [0.15, 0.2) is 36.4 Å². The zero-order chi connectivity index (χ0) is 21.0. The van der Waals surface area contributed by atoms with Gasteiger partial charge in [-0.2, -0.15) is 0 Å². The van der Waals surface area contributed by atoms with Crippen LogP contribution in [0.1, 0.15) is 32.5 Å². The number of hydrogen-bond acceptors (Lipinski definition) is 7. The Morgan fingerprint density at radius 3 is 2.52 bits per heavy atom. The topological polar surface area (TPSA) is 71.1 Å². The highest BCUT2D eigenvalue weighted by atomic mass is 32.1. The van der Waals surface area contributed by atoms with Crippen molar-refractivity contribution >= 4 is 33.4 Å². The molecule has 0 aliphatic carbocycles. The SMILES string of the molecule is CCOC(=O)c1sc2cccc(F)c2c1COC(=O)c1cc(OC)ccc1OC.